The number of halogens is 1. The molecule has 1 atom stereocenters. The number of nitrogens with one attached hydrogen (secondary N) is 1. The van der Waals surface area contributed by atoms with E-state index < -0.39 is 5.54 Å². The van der Waals surface area contributed by atoms with Gasteiger partial charge in [0, 0.05) is 28.0 Å². The number of ketones is 1. The third kappa shape index (κ3) is 4.65. The molecule has 4 nitrogen and oxygen atoms in total. The summed E-state index contributed by atoms with van der Waals surface area (Å²) in [5.41, 5.74) is 1.51. The summed E-state index contributed by atoms with van der Waals surface area (Å²) in [5.74, 6) is -0.719. The first kappa shape index (κ1) is 21.0. The summed E-state index contributed by atoms with van der Waals surface area (Å²) in [5, 5.41) is 3.18. The lowest BCUT2D eigenvalue weighted by molar-refractivity contribution is -0.113. The number of rotatable bonds is 3. The van der Waals surface area contributed by atoms with E-state index in [4.69, 9.17) is 4.99 Å². The molecular weight excluding hydrogens is 387 g/mol. The number of amides is 1. The van der Waals surface area contributed by atoms with Gasteiger partial charge in [-0.1, -0.05) is 47.7 Å². The second kappa shape index (κ2) is 8.33. The van der Waals surface area contributed by atoms with Gasteiger partial charge in [-0.05, 0) is 45.9 Å². The van der Waals surface area contributed by atoms with Gasteiger partial charge in [-0.25, -0.2) is 4.39 Å². The van der Waals surface area contributed by atoms with Gasteiger partial charge in [-0.3, -0.25) is 14.6 Å². The Hall–Kier alpha value is -2.73. The molecule has 1 heterocycles. The highest BCUT2D eigenvalue weighted by Crippen LogP contribution is 2.43. The van der Waals surface area contributed by atoms with Crippen molar-refractivity contribution in [2.45, 2.75) is 39.7 Å². The Kier molecular flexibility index (Phi) is 6.03. The predicted octanol–water partition coefficient (Wildman–Crippen LogP) is 5.14. The van der Waals surface area contributed by atoms with Crippen molar-refractivity contribution in [1.82, 2.24) is 5.32 Å². The number of benzene rings is 2. The van der Waals surface area contributed by atoms with Crippen LogP contribution >= 0.6 is 11.8 Å². The number of carbonyl (C=O) groups excluding carboxylic acids is 2. The molecule has 3 rings (SSSR count). The van der Waals surface area contributed by atoms with Crippen molar-refractivity contribution in [1.29, 1.82) is 0 Å². The van der Waals surface area contributed by atoms with Gasteiger partial charge in [0.1, 0.15) is 5.82 Å². The van der Waals surface area contributed by atoms with Crippen LogP contribution in [0.2, 0.25) is 0 Å². The smallest absolute Gasteiger partial charge is 0.257 e. The van der Waals surface area contributed by atoms with E-state index >= 15 is 0 Å². The molecule has 0 saturated heterocycles. The number of hydrogen-bond acceptors (Lipinski definition) is 4. The molecule has 1 aliphatic heterocycles. The zero-order chi connectivity index (χ0) is 21.2. The maximum atomic E-state index is 14.7. The zero-order valence-corrected chi connectivity index (χ0v) is 17.7. The van der Waals surface area contributed by atoms with Gasteiger partial charge in [0.25, 0.3) is 5.91 Å². The molecule has 0 spiro atoms. The SMILES string of the molecule is CC(=O)/C(C)=C1/C[C@@](C)(c2cc(C)ccc2F)N=C(NC(=O)c2ccccc2)S1. The average molecular weight is 411 g/mol. The summed E-state index contributed by atoms with van der Waals surface area (Å²) >= 11 is 1.25. The van der Waals surface area contributed by atoms with Crippen molar-refractivity contribution in [3.05, 3.63) is 81.5 Å². The van der Waals surface area contributed by atoms with Crippen molar-refractivity contribution >= 4 is 28.6 Å². The fourth-order valence-corrected chi connectivity index (χ4v) is 4.45. The standard InChI is InChI=1S/C23H23FN2O2S/c1-14-10-11-19(24)18(12-14)23(4)13-20(15(2)16(3)27)29-22(26-23)25-21(28)17-8-6-5-7-9-17/h5-12H,13H2,1-4H3,(H,25,26,28)/b20-15-/t23-/m0/s1. The van der Waals surface area contributed by atoms with Gasteiger partial charge in [-0.2, -0.15) is 0 Å². The summed E-state index contributed by atoms with van der Waals surface area (Å²) in [6.45, 7) is 6.97. The Morgan fingerprint density at radius 1 is 1.14 bits per heavy atom. The second-order valence-corrected chi connectivity index (χ2v) is 8.46. The molecule has 0 aromatic heterocycles. The van der Waals surface area contributed by atoms with Crippen LogP contribution in [0.15, 0.2) is 64.0 Å². The predicted molar refractivity (Wildman–Crippen MR) is 115 cm³/mol. The van der Waals surface area contributed by atoms with E-state index in [-0.39, 0.29) is 17.5 Å². The monoisotopic (exact) mass is 410 g/mol. The topological polar surface area (TPSA) is 58.5 Å². The molecule has 6 heteroatoms. The minimum absolute atomic E-state index is 0.0600. The van der Waals surface area contributed by atoms with Gasteiger partial charge in [0.2, 0.25) is 0 Å². The third-order valence-electron chi connectivity index (χ3n) is 4.98. The van der Waals surface area contributed by atoms with E-state index in [1.807, 2.05) is 19.9 Å². The molecule has 0 radical (unpaired) electrons. The third-order valence-corrected chi connectivity index (χ3v) is 6.06. The Bertz CT molecular complexity index is 1030. The molecule has 1 aliphatic rings. The van der Waals surface area contributed by atoms with Crippen molar-refractivity contribution in [3.8, 4) is 0 Å². The number of hydrogen-bond donors (Lipinski definition) is 1. The zero-order valence-electron chi connectivity index (χ0n) is 16.9. The summed E-state index contributed by atoms with van der Waals surface area (Å²) in [7, 11) is 0. The number of nitrogens with zero attached hydrogens (tertiary/aromatic N) is 1. The second-order valence-electron chi connectivity index (χ2n) is 7.38. The van der Waals surface area contributed by atoms with Gasteiger partial charge in [-0.15, -0.1) is 0 Å². The maximum Gasteiger partial charge on any atom is 0.257 e. The Labute approximate surface area is 174 Å². The van der Waals surface area contributed by atoms with Gasteiger partial charge in [0.15, 0.2) is 11.0 Å². The lowest BCUT2D eigenvalue weighted by atomic mass is 9.86. The van der Waals surface area contributed by atoms with Crippen molar-refractivity contribution in [2.24, 2.45) is 4.99 Å². The molecule has 1 amide bonds. The van der Waals surface area contributed by atoms with Crippen LogP contribution in [0.5, 0.6) is 0 Å². The van der Waals surface area contributed by atoms with Crippen molar-refractivity contribution < 1.29 is 14.0 Å². The molecule has 2 aromatic carbocycles. The number of carbonyl (C=O) groups is 2. The molecular formula is C23H23FN2O2S. The van der Waals surface area contributed by atoms with Crippen molar-refractivity contribution in [2.75, 3.05) is 0 Å². The fourth-order valence-electron chi connectivity index (χ4n) is 3.18. The van der Waals surface area contributed by atoms with Gasteiger partial charge >= 0.3 is 0 Å². The molecule has 0 saturated carbocycles. The molecule has 0 bridgehead atoms. The van der Waals surface area contributed by atoms with E-state index in [2.05, 4.69) is 5.32 Å². The van der Waals surface area contributed by atoms with Gasteiger partial charge < -0.3 is 5.32 Å². The summed E-state index contributed by atoms with van der Waals surface area (Å²) < 4.78 is 14.7. The first-order valence-electron chi connectivity index (χ1n) is 9.31. The normalized spacial score (nSPS) is 20.7. The number of aliphatic imine (C=N–C) groups is 1. The minimum Gasteiger partial charge on any atom is -0.301 e. The Morgan fingerprint density at radius 2 is 1.83 bits per heavy atom. The largest absolute Gasteiger partial charge is 0.301 e. The molecule has 0 unspecified atom stereocenters. The van der Waals surface area contributed by atoms with Crippen LogP contribution in [0.1, 0.15) is 48.7 Å². The van der Waals surface area contributed by atoms with Crippen LogP contribution in [0.3, 0.4) is 0 Å². The molecule has 0 aliphatic carbocycles. The van der Waals surface area contributed by atoms with Crippen LogP contribution in [-0.2, 0) is 10.3 Å². The summed E-state index contributed by atoms with van der Waals surface area (Å²) in [4.78, 5) is 30.1. The average Bonchev–Trinajstić information content (AvgIpc) is 2.69. The first-order valence-corrected chi connectivity index (χ1v) is 10.1. The lowest BCUT2D eigenvalue weighted by Gasteiger charge is -2.33. The van der Waals surface area contributed by atoms with Crippen molar-refractivity contribution in [3.63, 3.8) is 0 Å². The number of amidine groups is 1. The minimum atomic E-state index is -0.938. The fraction of sp³-hybridized carbons (Fsp3) is 0.261. The quantitative estimate of drug-likeness (QED) is 0.713. The summed E-state index contributed by atoms with van der Waals surface area (Å²) in [6, 6.07) is 13.7. The molecule has 2 aromatic rings. The van der Waals surface area contributed by atoms with Crippen LogP contribution in [-0.4, -0.2) is 16.9 Å². The van der Waals surface area contributed by atoms with Crippen LogP contribution < -0.4 is 5.32 Å². The number of allylic oxidation sites excluding steroid dienone is 1. The van der Waals surface area contributed by atoms with E-state index in [0.29, 0.717) is 28.3 Å². The van der Waals surface area contributed by atoms with Gasteiger partial charge in [0.05, 0.1) is 5.54 Å². The van der Waals surface area contributed by atoms with E-state index in [0.717, 1.165) is 10.5 Å². The molecule has 1 N–H and O–H groups in total. The van der Waals surface area contributed by atoms with E-state index in [9.17, 15) is 14.0 Å². The van der Waals surface area contributed by atoms with Crippen LogP contribution in [0, 0.1) is 12.7 Å². The Balaban J connectivity index is 2.06. The van der Waals surface area contributed by atoms with E-state index in [1.165, 1.54) is 24.8 Å². The highest BCUT2D eigenvalue weighted by molar-refractivity contribution is 8.17. The first-order chi connectivity index (χ1) is 13.7. The van der Waals surface area contributed by atoms with E-state index in [1.54, 1.807) is 43.3 Å². The number of Topliss-reactive ketones (excluding diaryl/α,β-unsaturated/α-hetero) is 1. The maximum absolute atomic E-state index is 14.7. The number of aryl methyl sites for hydroxylation is 1. The molecule has 0 fully saturated rings. The molecule has 150 valence electrons. The van der Waals surface area contributed by atoms with Crippen LogP contribution in [0.4, 0.5) is 4.39 Å². The highest BCUT2D eigenvalue weighted by atomic mass is 32.2. The highest BCUT2D eigenvalue weighted by Gasteiger charge is 2.36. The Morgan fingerprint density at radius 3 is 2.48 bits per heavy atom. The number of thioether (sulfide) groups is 1. The summed E-state index contributed by atoms with van der Waals surface area (Å²) in [6.07, 6.45) is 0.383. The van der Waals surface area contributed by atoms with Crippen LogP contribution in [0.25, 0.3) is 0 Å². The lowest BCUT2D eigenvalue weighted by Crippen LogP contribution is -2.35. The molecule has 29 heavy (non-hydrogen) atoms.